The van der Waals surface area contributed by atoms with Gasteiger partial charge in [-0.05, 0) is 73.8 Å². The van der Waals surface area contributed by atoms with E-state index in [1.54, 1.807) is 13.0 Å². The Bertz CT molecular complexity index is 1040. The number of carbonyl (C=O) groups excluding carboxylic acids is 1. The van der Waals surface area contributed by atoms with E-state index in [0.717, 1.165) is 4.90 Å². The van der Waals surface area contributed by atoms with Crippen LogP contribution in [0.25, 0.3) is 0 Å². The lowest BCUT2D eigenvalue weighted by Crippen LogP contribution is -2.45. The number of benzene rings is 2. The van der Waals surface area contributed by atoms with Gasteiger partial charge in [-0.1, -0.05) is 6.07 Å². The molecule has 1 aliphatic heterocycles. The predicted molar refractivity (Wildman–Crippen MR) is 116 cm³/mol. The minimum Gasteiger partial charge on any atom is -0.321 e. The number of rotatable bonds is 3. The molecular weight excluding hydrogens is 479 g/mol. The third kappa shape index (κ3) is 6.06. The summed E-state index contributed by atoms with van der Waals surface area (Å²) in [6, 6.07) is 3.40. The average molecular weight is 505 g/mol. The van der Waals surface area contributed by atoms with E-state index in [4.69, 9.17) is 0 Å². The van der Waals surface area contributed by atoms with Crippen molar-refractivity contribution in [3.8, 4) is 0 Å². The van der Waals surface area contributed by atoms with Gasteiger partial charge in [0.15, 0.2) is 0 Å². The molecular formula is C24H26F7N3O. The fraction of sp³-hybridized carbons (Fsp3) is 0.458. The van der Waals surface area contributed by atoms with E-state index in [9.17, 15) is 35.5 Å². The molecule has 4 nitrogen and oxygen atoms in total. The lowest BCUT2D eigenvalue weighted by atomic mass is 9.98. The van der Waals surface area contributed by atoms with Crippen LogP contribution in [0, 0.1) is 12.7 Å². The first-order valence-corrected chi connectivity index (χ1v) is 11.0. The number of halogens is 7. The van der Waals surface area contributed by atoms with E-state index in [-0.39, 0.29) is 11.6 Å². The van der Waals surface area contributed by atoms with Gasteiger partial charge in [-0.15, -0.1) is 0 Å². The SMILES string of the molecule is Cc1cc(F)ccc1C1CNCCCN1C(=O)N(C)[C@H](C)c1cc(C(F)(F)F)cc(C(F)(F)F)c1. The number of hydrogen-bond donors (Lipinski definition) is 1. The van der Waals surface area contributed by atoms with Gasteiger partial charge >= 0.3 is 18.4 Å². The molecule has 2 atom stereocenters. The first-order valence-electron chi connectivity index (χ1n) is 11.0. The maximum atomic E-state index is 13.6. The van der Waals surface area contributed by atoms with Crippen molar-refractivity contribution in [1.29, 1.82) is 0 Å². The third-order valence-electron chi connectivity index (χ3n) is 6.28. The highest BCUT2D eigenvalue weighted by Crippen LogP contribution is 2.38. The molecule has 11 heteroatoms. The van der Waals surface area contributed by atoms with E-state index >= 15 is 0 Å². The highest BCUT2D eigenvalue weighted by molar-refractivity contribution is 5.75. The van der Waals surface area contributed by atoms with Gasteiger partial charge in [0.25, 0.3) is 0 Å². The highest BCUT2D eigenvalue weighted by atomic mass is 19.4. The Morgan fingerprint density at radius 3 is 2.20 bits per heavy atom. The number of nitrogens with one attached hydrogen (secondary N) is 1. The van der Waals surface area contributed by atoms with E-state index in [0.29, 0.717) is 49.3 Å². The second-order valence-electron chi connectivity index (χ2n) is 8.68. The summed E-state index contributed by atoms with van der Waals surface area (Å²) in [4.78, 5) is 16.2. The highest BCUT2D eigenvalue weighted by Gasteiger charge is 2.38. The average Bonchev–Trinajstić information content (AvgIpc) is 3.02. The predicted octanol–water partition coefficient (Wildman–Crippen LogP) is 6.32. The molecule has 1 saturated heterocycles. The van der Waals surface area contributed by atoms with E-state index in [2.05, 4.69) is 5.32 Å². The minimum atomic E-state index is -4.99. The first-order chi connectivity index (χ1) is 16.2. The number of carbonyl (C=O) groups is 1. The third-order valence-corrected chi connectivity index (χ3v) is 6.28. The van der Waals surface area contributed by atoms with Crippen LogP contribution in [0.15, 0.2) is 36.4 Å². The zero-order valence-corrected chi connectivity index (χ0v) is 19.4. The summed E-state index contributed by atoms with van der Waals surface area (Å²) in [5.41, 5.74) is -1.83. The summed E-state index contributed by atoms with van der Waals surface area (Å²) in [5.74, 6) is -0.429. The zero-order chi connectivity index (χ0) is 26.1. The van der Waals surface area contributed by atoms with E-state index in [1.807, 2.05) is 0 Å². The van der Waals surface area contributed by atoms with Crippen molar-refractivity contribution in [2.24, 2.45) is 0 Å². The fourth-order valence-corrected chi connectivity index (χ4v) is 4.21. The first kappa shape index (κ1) is 26.8. The number of urea groups is 1. The molecule has 192 valence electrons. The van der Waals surface area contributed by atoms with Gasteiger partial charge in [-0.3, -0.25) is 0 Å². The minimum absolute atomic E-state index is 0.0614. The van der Waals surface area contributed by atoms with Crippen molar-refractivity contribution in [2.75, 3.05) is 26.7 Å². The van der Waals surface area contributed by atoms with Gasteiger partial charge in [-0.25, -0.2) is 9.18 Å². The Morgan fingerprint density at radius 2 is 1.66 bits per heavy atom. The van der Waals surface area contributed by atoms with Gasteiger partial charge in [0, 0.05) is 20.1 Å². The number of aryl methyl sites for hydroxylation is 1. The van der Waals surface area contributed by atoms with Gasteiger partial charge in [0.05, 0.1) is 23.2 Å². The van der Waals surface area contributed by atoms with Gasteiger partial charge in [0.2, 0.25) is 0 Å². The zero-order valence-electron chi connectivity index (χ0n) is 19.4. The molecule has 0 saturated carbocycles. The Balaban J connectivity index is 1.96. The molecule has 1 N–H and O–H groups in total. The number of nitrogens with zero attached hydrogens (tertiary/aromatic N) is 2. The number of alkyl halides is 6. The molecule has 1 heterocycles. The summed E-state index contributed by atoms with van der Waals surface area (Å²) in [7, 11) is 1.34. The lowest BCUT2D eigenvalue weighted by Gasteiger charge is -2.37. The second kappa shape index (κ2) is 10.0. The molecule has 0 radical (unpaired) electrons. The summed E-state index contributed by atoms with van der Waals surface area (Å²) in [5, 5.41) is 3.21. The van der Waals surface area contributed by atoms with Crippen molar-refractivity contribution in [2.45, 2.75) is 44.7 Å². The molecule has 2 aromatic rings. The molecule has 2 amide bonds. The van der Waals surface area contributed by atoms with Crippen molar-refractivity contribution < 1.29 is 35.5 Å². The number of amides is 2. The molecule has 1 unspecified atom stereocenters. The Hall–Kier alpha value is -2.82. The van der Waals surface area contributed by atoms with Crippen LogP contribution in [0.5, 0.6) is 0 Å². The molecule has 35 heavy (non-hydrogen) atoms. The maximum Gasteiger partial charge on any atom is 0.416 e. The van der Waals surface area contributed by atoms with E-state index < -0.39 is 47.4 Å². The van der Waals surface area contributed by atoms with Crippen molar-refractivity contribution in [1.82, 2.24) is 15.1 Å². The standard InChI is InChI=1S/C24H26F7N3O/c1-14-9-19(25)5-6-20(14)21-13-32-7-4-8-34(21)22(35)33(3)15(2)16-10-17(23(26,27)28)12-18(11-16)24(29,30)31/h5-6,9-12,15,21,32H,4,7-8,13H2,1-3H3/t15-,21?/m1/s1. The van der Waals surface area contributed by atoms with E-state index in [1.165, 1.54) is 31.0 Å². The Kier molecular flexibility index (Phi) is 7.68. The quantitative estimate of drug-likeness (QED) is 0.496. The second-order valence-corrected chi connectivity index (χ2v) is 8.68. The molecule has 0 spiro atoms. The van der Waals surface area contributed by atoms with Crippen LogP contribution in [0.2, 0.25) is 0 Å². The largest absolute Gasteiger partial charge is 0.416 e. The molecule has 1 fully saturated rings. The lowest BCUT2D eigenvalue weighted by molar-refractivity contribution is -0.143. The van der Waals surface area contributed by atoms with Crippen molar-refractivity contribution >= 4 is 6.03 Å². The fourth-order valence-electron chi connectivity index (χ4n) is 4.21. The van der Waals surface area contributed by atoms with Crippen molar-refractivity contribution in [3.63, 3.8) is 0 Å². The smallest absolute Gasteiger partial charge is 0.321 e. The van der Waals surface area contributed by atoms with Crippen LogP contribution in [0.4, 0.5) is 35.5 Å². The van der Waals surface area contributed by atoms with Crippen LogP contribution in [-0.4, -0.2) is 42.5 Å². The molecule has 2 aromatic carbocycles. The van der Waals surface area contributed by atoms with Crippen LogP contribution < -0.4 is 5.32 Å². The van der Waals surface area contributed by atoms with Gasteiger partial charge in [-0.2, -0.15) is 26.3 Å². The summed E-state index contributed by atoms with van der Waals surface area (Å²) >= 11 is 0. The summed E-state index contributed by atoms with van der Waals surface area (Å²) < 4.78 is 93.5. The Morgan fingerprint density at radius 1 is 1.06 bits per heavy atom. The molecule has 1 aliphatic rings. The monoisotopic (exact) mass is 505 g/mol. The summed E-state index contributed by atoms with van der Waals surface area (Å²) in [6.07, 6.45) is -9.38. The molecule has 0 aromatic heterocycles. The Labute approximate surface area is 198 Å². The number of hydrogen-bond acceptors (Lipinski definition) is 2. The normalized spacial score (nSPS) is 18.2. The molecule has 3 rings (SSSR count). The van der Waals surface area contributed by atoms with Crippen LogP contribution >= 0.6 is 0 Å². The summed E-state index contributed by atoms with van der Waals surface area (Å²) in [6.45, 7) is 4.37. The van der Waals surface area contributed by atoms with Gasteiger partial charge in [0.1, 0.15) is 5.82 Å². The molecule has 0 bridgehead atoms. The van der Waals surface area contributed by atoms with Crippen LogP contribution in [-0.2, 0) is 12.4 Å². The molecule has 0 aliphatic carbocycles. The van der Waals surface area contributed by atoms with Crippen LogP contribution in [0.3, 0.4) is 0 Å². The maximum absolute atomic E-state index is 13.6. The van der Waals surface area contributed by atoms with Crippen molar-refractivity contribution in [3.05, 3.63) is 70.0 Å². The topological polar surface area (TPSA) is 35.6 Å². The van der Waals surface area contributed by atoms with Crippen LogP contribution in [0.1, 0.15) is 53.2 Å². The van der Waals surface area contributed by atoms with Gasteiger partial charge < -0.3 is 15.1 Å².